The number of aromatic hydroxyl groups is 3. The number of carbonyl (C=O) groups is 1. The van der Waals surface area contributed by atoms with Gasteiger partial charge >= 0.3 is 0 Å². The number of amides is 1. The molecule has 2 rings (SSSR count). The van der Waals surface area contributed by atoms with Crippen LogP contribution in [0.5, 0.6) is 23.0 Å². The highest BCUT2D eigenvalue weighted by molar-refractivity contribution is 5.96. The molecule has 0 saturated heterocycles. The number of para-hydroxylation sites is 1. The van der Waals surface area contributed by atoms with E-state index >= 15 is 0 Å². The number of phenolic OH excluding ortho intramolecular Hbond substituents is 3. The van der Waals surface area contributed by atoms with E-state index in [0.29, 0.717) is 5.56 Å². The van der Waals surface area contributed by atoms with Gasteiger partial charge in [0.1, 0.15) is 11.5 Å². The van der Waals surface area contributed by atoms with E-state index in [1.54, 1.807) is 18.2 Å². The molecule has 0 saturated carbocycles. The molecule has 0 bridgehead atoms. The summed E-state index contributed by atoms with van der Waals surface area (Å²) < 4.78 is 4.95. The Morgan fingerprint density at radius 2 is 1.86 bits per heavy atom. The maximum atomic E-state index is 11.8. The summed E-state index contributed by atoms with van der Waals surface area (Å²) in [5.74, 6) is -0.907. The lowest BCUT2D eigenvalue weighted by atomic mass is 10.2. The minimum atomic E-state index is -0.621. The number of hydrogen-bond acceptors (Lipinski definition) is 6. The Morgan fingerprint density at radius 1 is 1.18 bits per heavy atom. The van der Waals surface area contributed by atoms with Gasteiger partial charge in [0.15, 0.2) is 11.5 Å². The van der Waals surface area contributed by atoms with Crippen LogP contribution in [0, 0.1) is 0 Å². The van der Waals surface area contributed by atoms with Crippen molar-refractivity contribution in [3.8, 4) is 23.0 Å². The predicted molar refractivity (Wildman–Crippen MR) is 79.5 cm³/mol. The molecule has 7 nitrogen and oxygen atoms in total. The van der Waals surface area contributed by atoms with E-state index in [4.69, 9.17) is 4.74 Å². The highest BCUT2D eigenvalue weighted by Gasteiger charge is 2.08. The van der Waals surface area contributed by atoms with Crippen LogP contribution in [0.25, 0.3) is 0 Å². The van der Waals surface area contributed by atoms with Gasteiger partial charge in [-0.1, -0.05) is 6.07 Å². The number of ether oxygens (including phenoxy) is 1. The number of hydrogen-bond donors (Lipinski definition) is 4. The molecule has 1 amide bonds. The second kappa shape index (κ2) is 6.49. The summed E-state index contributed by atoms with van der Waals surface area (Å²) in [7, 11) is 1.42. The van der Waals surface area contributed by atoms with Crippen LogP contribution >= 0.6 is 0 Å². The average molecular weight is 302 g/mol. The number of hydrazone groups is 1. The summed E-state index contributed by atoms with van der Waals surface area (Å²) >= 11 is 0. The monoisotopic (exact) mass is 302 g/mol. The minimum Gasteiger partial charge on any atom is -0.508 e. The Bertz CT molecular complexity index is 708. The van der Waals surface area contributed by atoms with Gasteiger partial charge in [0.25, 0.3) is 5.91 Å². The molecule has 0 radical (unpaired) electrons. The fourth-order valence-electron chi connectivity index (χ4n) is 1.76. The summed E-state index contributed by atoms with van der Waals surface area (Å²) in [6, 6.07) is 8.32. The van der Waals surface area contributed by atoms with E-state index in [-0.39, 0.29) is 28.6 Å². The fourth-order valence-corrected chi connectivity index (χ4v) is 1.76. The number of phenols is 3. The van der Waals surface area contributed by atoms with Gasteiger partial charge in [0.2, 0.25) is 0 Å². The number of benzene rings is 2. The second-order valence-corrected chi connectivity index (χ2v) is 4.34. The number of nitrogens with zero attached hydrogens (tertiary/aromatic N) is 1. The van der Waals surface area contributed by atoms with Gasteiger partial charge < -0.3 is 20.1 Å². The minimum absolute atomic E-state index is 0.0458. The van der Waals surface area contributed by atoms with Gasteiger partial charge in [-0.15, -0.1) is 0 Å². The van der Waals surface area contributed by atoms with Crippen molar-refractivity contribution in [1.29, 1.82) is 0 Å². The second-order valence-electron chi connectivity index (χ2n) is 4.34. The summed E-state index contributed by atoms with van der Waals surface area (Å²) in [6.07, 6.45) is 1.25. The van der Waals surface area contributed by atoms with E-state index in [1.165, 1.54) is 25.5 Å². The zero-order chi connectivity index (χ0) is 16.1. The topological polar surface area (TPSA) is 111 Å². The summed E-state index contributed by atoms with van der Waals surface area (Å²) in [5.41, 5.74) is 2.63. The molecule has 4 N–H and O–H groups in total. The van der Waals surface area contributed by atoms with Crippen molar-refractivity contribution in [3.63, 3.8) is 0 Å². The van der Waals surface area contributed by atoms with Gasteiger partial charge in [-0.25, -0.2) is 5.43 Å². The lowest BCUT2D eigenvalue weighted by molar-refractivity contribution is 0.0954. The Balaban J connectivity index is 2.11. The maximum absolute atomic E-state index is 11.8. The molecule has 0 aliphatic rings. The molecular formula is C15H14N2O5. The molecule has 114 valence electrons. The van der Waals surface area contributed by atoms with E-state index in [1.807, 2.05) is 0 Å². The quantitative estimate of drug-likeness (QED) is 0.506. The SMILES string of the molecule is COc1cccc(/C=N/NC(=O)c2cc(O)cc(O)c2)c1O. The maximum Gasteiger partial charge on any atom is 0.271 e. The van der Waals surface area contributed by atoms with Crippen molar-refractivity contribution >= 4 is 12.1 Å². The highest BCUT2D eigenvalue weighted by atomic mass is 16.5. The molecule has 0 spiro atoms. The molecule has 0 unspecified atom stereocenters. The van der Waals surface area contributed by atoms with Crippen LogP contribution in [0.15, 0.2) is 41.5 Å². The van der Waals surface area contributed by atoms with Crippen LogP contribution in [-0.4, -0.2) is 34.6 Å². The van der Waals surface area contributed by atoms with Crippen LogP contribution in [0.2, 0.25) is 0 Å². The molecule has 0 aromatic heterocycles. The zero-order valence-corrected chi connectivity index (χ0v) is 11.6. The molecule has 0 atom stereocenters. The van der Waals surface area contributed by atoms with Crippen molar-refractivity contribution in [1.82, 2.24) is 5.43 Å². The van der Waals surface area contributed by atoms with Gasteiger partial charge in [0, 0.05) is 17.2 Å². The van der Waals surface area contributed by atoms with Crippen molar-refractivity contribution in [2.75, 3.05) is 7.11 Å². The van der Waals surface area contributed by atoms with E-state index in [0.717, 1.165) is 6.07 Å². The van der Waals surface area contributed by atoms with E-state index < -0.39 is 5.91 Å². The van der Waals surface area contributed by atoms with Crippen molar-refractivity contribution in [2.45, 2.75) is 0 Å². The molecule has 7 heteroatoms. The van der Waals surface area contributed by atoms with E-state index in [2.05, 4.69) is 10.5 Å². The lowest BCUT2D eigenvalue weighted by Gasteiger charge is -2.05. The van der Waals surface area contributed by atoms with Crippen LogP contribution in [0.4, 0.5) is 0 Å². The summed E-state index contributed by atoms with van der Waals surface area (Å²) in [5, 5.41) is 32.2. The third kappa shape index (κ3) is 3.45. The third-order valence-electron chi connectivity index (χ3n) is 2.78. The number of carbonyl (C=O) groups excluding carboxylic acids is 1. The Kier molecular flexibility index (Phi) is 4.47. The first-order valence-corrected chi connectivity index (χ1v) is 6.23. The van der Waals surface area contributed by atoms with Crippen molar-refractivity contribution in [3.05, 3.63) is 47.5 Å². The summed E-state index contributed by atoms with van der Waals surface area (Å²) in [6.45, 7) is 0. The van der Waals surface area contributed by atoms with Crippen LogP contribution in [-0.2, 0) is 0 Å². The molecule has 0 aliphatic carbocycles. The highest BCUT2D eigenvalue weighted by Crippen LogP contribution is 2.27. The van der Waals surface area contributed by atoms with Gasteiger partial charge in [-0.05, 0) is 24.3 Å². The Morgan fingerprint density at radius 3 is 2.50 bits per heavy atom. The molecule has 22 heavy (non-hydrogen) atoms. The van der Waals surface area contributed by atoms with Crippen LogP contribution < -0.4 is 10.2 Å². The molecule has 0 heterocycles. The molecule has 0 aliphatic heterocycles. The normalized spacial score (nSPS) is 10.6. The van der Waals surface area contributed by atoms with Crippen LogP contribution in [0.1, 0.15) is 15.9 Å². The van der Waals surface area contributed by atoms with Crippen LogP contribution in [0.3, 0.4) is 0 Å². The standard InChI is InChI=1S/C15H14N2O5/c1-22-13-4-2-3-9(14(13)20)8-16-17-15(21)10-5-11(18)7-12(19)6-10/h2-8,18-20H,1H3,(H,17,21)/b16-8+. The van der Waals surface area contributed by atoms with Gasteiger partial charge in [-0.2, -0.15) is 5.10 Å². The Hall–Kier alpha value is -3.22. The molecule has 2 aromatic rings. The third-order valence-corrected chi connectivity index (χ3v) is 2.78. The van der Waals surface area contributed by atoms with E-state index in [9.17, 15) is 20.1 Å². The molecule has 2 aromatic carbocycles. The average Bonchev–Trinajstić information content (AvgIpc) is 2.48. The first kappa shape index (κ1) is 15.2. The van der Waals surface area contributed by atoms with Gasteiger partial charge in [0.05, 0.1) is 13.3 Å². The smallest absolute Gasteiger partial charge is 0.271 e. The number of rotatable bonds is 4. The Labute approximate surface area is 126 Å². The van der Waals surface area contributed by atoms with Crippen molar-refractivity contribution < 1.29 is 24.9 Å². The fraction of sp³-hybridized carbons (Fsp3) is 0.0667. The molecule has 0 fully saturated rings. The van der Waals surface area contributed by atoms with Crippen molar-refractivity contribution in [2.24, 2.45) is 5.10 Å². The first-order valence-electron chi connectivity index (χ1n) is 6.23. The number of nitrogens with one attached hydrogen (secondary N) is 1. The molecular weight excluding hydrogens is 288 g/mol. The zero-order valence-electron chi connectivity index (χ0n) is 11.6. The largest absolute Gasteiger partial charge is 0.508 e. The number of methoxy groups -OCH3 is 1. The van der Waals surface area contributed by atoms with Gasteiger partial charge in [-0.3, -0.25) is 4.79 Å². The first-order chi connectivity index (χ1) is 10.5. The predicted octanol–water partition coefficient (Wildman–Crippen LogP) is 1.58. The summed E-state index contributed by atoms with van der Waals surface area (Å²) in [4.78, 5) is 11.8. The lowest BCUT2D eigenvalue weighted by Crippen LogP contribution is -2.17.